The molecule has 0 saturated heterocycles. The average molecular weight is 560 g/mol. The largest absolute Gasteiger partial charge is 0.352 e. The number of amides is 2. The van der Waals surface area contributed by atoms with Crippen molar-refractivity contribution in [2.45, 2.75) is 38.9 Å². The molecule has 0 aliphatic rings. The first kappa shape index (κ1) is 29.1. The van der Waals surface area contributed by atoms with Gasteiger partial charge in [-0.2, -0.15) is 0 Å². The van der Waals surface area contributed by atoms with Crippen molar-refractivity contribution in [3.8, 4) is 0 Å². The van der Waals surface area contributed by atoms with Gasteiger partial charge in [0.05, 0.1) is 11.9 Å². The molecular weight excluding hydrogens is 529 g/mol. The number of rotatable bonds is 11. The maximum absolute atomic E-state index is 13.9. The average Bonchev–Trinajstić information content (AvgIpc) is 2.86. The monoisotopic (exact) mass is 559 g/mol. The predicted molar refractivity (Wildman–Crippen MR) is 148 cm³/mol. The fourth-order valence-electron chi connectivity index (χ4n) is 3.94. The van der Waals surface area contributed by atoms with Gasteiger partial charge in [-0.3, -0.25) is 13.9 Å². The lowest BCUT2D eigenvalue weighted by molar-refractivity contribution is -0.140. The molecule has 3 aromatic carbocycles. The summed E-state index contributed by atoms with van der Waals surface area (Å²) >= 11 is 5.97. The Morgan fingerprint density at radius 2 is 1.53 bits per heavy atom. The SMILES string of the molecule is CC(C)NC(=O)C(Cc1ccccc1)N(Cc1ccc(F)cc1)C(=O)CN(c1ccc(Cl)cc1)S(C)(=O)=O. The van der Waals surface area contributed by atoms with Gasteiger partial charge in [0.2, 0.25) is 21.8 Å². The van der Waals surface area contributed by atoms with Crippen LogP contribution >= 0.6 is 11.6 Å². The number of nitrogens with zero attached hydrogens (tertiary/aromatic N) is 2. The number of hydrogen-bond acceptors (Lipinski definition) is 4. The lowest BCUT2D eigenvalue weighted by atomic mass is 10.0. The van der Waals surface area contributed by atoms with E-state index in [0.717, 1.165) is 16.1 Å². The summed E-state index contributed by atoms with van der Waals surface area (Å²) in [6, 6.07) is 19.8. The molecule has 3 rings (SSSR count). The molecule has 202 valence electrons. The highest BCUT2D eigenvalue weighted by Crippen LogP contribution is 2.22. The van der Waals surface area contributed by atoms with E-state index in [1.165, 1.54) is 53.4 Å². The van der Waals surface area contributed by atoms with Crippen molar-refractivity contribution < 1.29 is 22.4 Å². The lowest BCUT2D eigenvalue weighted by Gasteiger charge is -2.34. The highest BCUT2D eigenvalue weighted by Gasteiger charge is 2.33. The first-order valence-electron chi connectivity index (χ1n) is 12.1. The molecule has 7 nitrogen and oxygen atoms in total. The van der Waals surface area contributed by atoms with Gasteiger partial charge in [0, 0.05) is 24.0 Å². The van der Waals surface area contributed by atoms with Crippen molar-refractivity contribution in [3.63, 3.8) is 0 Å². The number of hydrogen-bond donors (Lipinski definition) is 1. The molecule has 0 aliphatic heterocycles. The van der Waals surface area contributed by atoms with Gasteiger partial charge in [-0.15, -0.1) is 0 Å². The summed E-state index contributed by atoms with van der Waals surface area (Å²) in [5, 5.41) is 3.29. The van der Waals surface area contributed by atoms with Crippen LogP contribution in [-0.2, 0) is 32.6 Å². The highest BCUT2D eigenvalue weighted by molar-refractivity contribution is 7.92. The van der Waals surface area contributed by atoms with E-state index in [9.17, 15) is 22.4 Å². The van der Waals surface area contributed by atoms with Crippen LogP contribution in [0.3, 0.4) is 0 Å². The zero-order chi connectivity index (χ0) is 27.9. The van der Waals surface area contributed by atoms with E-state index in [-0.39, 0.29) is 30.6 Å². The summed E-state index contributed by atoms with van der Waals surface area (Å²) in [6.07, 6.45) is 1.21. The topological polar surface area (TPSA) is 86.8 Å². The maximum atomic E-state index is 13.9. The number of halogens is 2. The van der Waals surface area contributed by atoms with E-state index < -0.39 is 34.3 Å². The van der Waals surface area contributed by atoms with Gasteiger partial charge >= 0.3 is 0 Å². The Hall–Kier alpha value is -3.43. The smallest absolute Gasteiger partial charge is 0.244 e. The maximum Gasteiger partial charge on any atom is 0.244 e. The molecule has 0 bridgehead atoms. The van der Waals surface area contributed by atoms with Crippen LogP contribution in [0, 0.1) is 5.82 Å². The Bertz CT molecular complexity index is 1330. The Labute approximate surface area is 228 Å². The van der Waals surface area contributed by atoms with Crippen LogP contribution in [0.2, 0.25) is 5.02 Å². The zero-order valence-corrected chi connectivity index (χ0v) is 23.0. The number of carbonyl (C=O) groups is 2. The fourth-order valence-corrected chi connectivity index (χ4v) is 4.92. The van der Waals surface area contributed by atoms with Gasteiger partial charge in [-0.05, 0) is 61.4 Å². The van der Waals surface area contributed by atoms with Crippen LogP contribution in [0.15, 0.2) is 78.9 Å². The van der Waals surface area contributed by atoms with Gasteiger partial charge in [0.25, 0.3) is 0 Å². The van der Waals surface area contributed by atoms with Crippen LogP contribution in [0.1, 0.15) is 25.0 Å². The van der Waals surface area contributed by atoms with Crippen molar-refractivity contribution in [3.05, 3.63) is 101 Å². The third-order valence-corrected chi connectivity index (χ3v) is 7.15. The minimum absolute atomic E-state index is 0.0274. The Morgan fingerprint density at radius 3 is 2.08 bits per heavy atom. The van der Waals surface area contributed by atoms with E-state index >= 15 is 0 Å². The van der Waals surface area contributed by atoms with E-state index in [1.807, 2.05) is 44.2 Å². The number of sulfonamides is 1. The zero-order valence-electron chi connectivity index (χ0n) is 21.5. The van der Waals surface area contributed by atoms with Gasteiger partial charge in [-0.1, -0.05) is 54.1 Å². The molecular formula is C28H31ClFN3O4S. The van der Waals surface area contributed by atoms with Crippen molar-refractivity contribution in [1.82, 2.24) is 10.2 Å². The Morgan fingerprint density at radius 1 is 0.921 bits per heavy atom. The first-order chi connectivity index (χ1) is 17.9. The molecule has 0 spiro atoms. The van der Waals surface area contributed by atoms with Crippen LogP contribution < -0.4 is 9.62 Å². The molecule has 0 heterocycles. The molecule has 10 heteroatoms. The van der Waals surface area contributed by atoms with E-state index in [0.29, 0.717) is 10.6 Å². The first-order valence-corrected chi connectivity index (χ1v) is 14.3. The number of anilines is 1. The quantitative estimate of drug-likeness (QED) is 0.377. The van der Waals surface area contributed by atoms with Crippen LogP contribution in [0.4, 0.5) is 10.1 Å². The van der Waals surface area contributed by atoms with Crippen molar-refractivity contribution >= 4 is 39.1 Å². The summed E-state index contributed by atoms with van der Waals surface area (Å²) in [6.45, 7) is 3.06. The van der Waals surface area contributed by atoms with E-state index in [2.05, 4.69) is 5.32 Å². The van der Waals surface area contributed by atoms with E-state index in [1.54, 1.807) is 0 Å². The molecule has 1 atom stereocenters. The Kier molecular flexibility index (Phi) is 9.88. The third kappa shape index (κ3) is 8.29. The van der Waals surface area contributed by atoms with Crippen molar-refractivity contribution in [1.29, 1.82) is 0 Å². The summed E-state index contributed by atoms with van der Waals surface area (Å²) in [5.41, 5.74) is 1.68. The van der Waals surface area contributed by atoms with Gasteiger partial charge in [0.1, 0.15) is 18.4 Å². The summed E-state index contributed by atoms with van der Waals surface area (Å²) in [5.74, 6) is -1.40. The molecule has 1 unspecified atom stereocenters. The molecule has 0 saturated carbocycles. The predicted octanol–water partition coefficient (Wildman–Crippen LogP) is 4.41. The number of nitrogens with one attached hydrogen (secondary N) is 1. The van der Waals surface area contributed by atoms with Gasteiger partial charge in [-0.25, -0.2) is 12.8 Å². The highest BCUT2D eigenvalue weighted by atomic mass is 35.5. The second kappa shape index (κ2) is 12.9. The van der Waals surface area contributed by atoms with Gasteiger partial charge in [0.15, 0.2) is 0 Å². The standard InChI is InChI=1S/C28H31ClFN3O4S/c1-20(2)31-28(35)26(17-21-7-5-4-6-8-21)32(18-22-9-13-24(30)14-10-22)27(34)19-33(38(3,36)37)25-15-11-23(29)12-16-25/h4-16,20,26H,17-19H2,1-3H3,(H,31,35). The lowest BCUT2D eigenvalue weighted by Crippen LogP contribution is -2.54. The summed E-state index contributed by atoms with van der Waals surface area (Å²) in [7, 11) is -3.87. The molecule has 2 amide bonds. The third-order valence-electron chi connectivity index (χ3n) is 5.76. The number of benzene rings is 3. The second-order valence-corrected chi connectivity index (χ2v) is 11.6. The van der Waals surface area contributed by atoms with Crippen molar-refractivity contribution in [2.75, 3.05) is 17.1 Å². The van der Waals surface area contributed by atoms with E-state index in [4.69, 9.17) is 11.6 Å². The minimum atomic E-state index is -3.87. The molecule has 0 aromatic heterocycles. The molecule has 0 aliphatic carbocycles. The normalized spacial score (nSPS) is 12.2. The minimum Gasteiger partial charge on any atom is -0.352 e. The fraction of sp³-hybridized carbons (Fsp3) is 0.286. The number of carbonyl (C=O) groups excluding carboxylic acids is 2. The van der Waals surface area contributed by atoms with Crippen LogP contribution in [-0.4, -0.2) is 50.0 Å². The molecule has 0 fully saturated rings. The summed E-state index contributed by atoms with van der Waals surface area (Å²) in [4.78, 5) is 28.7. The Balaban J connectivity index is 2.04. The molecule has 0 radical (unpaired) electrons. The van der Waals surface area contributed by atoms with Crippen molar-refractivity contribution in [2.24, 2.45) is 0 Å². The second-order valence-electron chi connectivity index (χ2n) is 9.26. The van der Waals surface area contributed by atoms with Crippen LogP contribution in [0.5, 0.6) is 0 Å². The van der Waals surface area contributed by atoms with Crippen LogP contribution in [0.25, 0.3) is 0 Å². The molecule has 3 aromatic rings. The summed E-state index contributed by atoms with van der Waals surface area (Å²) < 4.78 is 40.0. The molecule has 38 heavy (non-hydrogen) atoms. The van der Waals surface area contributed by atoms with Gasteiger partial charge < -0.3 is 10.2 Å². The molecule has 1 N–H and O–H groups in total.